The highest BCUT2D eigenvalue weighted by molar-refractivity contribution is 5.81. The van der Waals surface area contributed by atoms with Gasteiger partial charge in [0.15, 0.2) is 0 Å². The van der Waals surface area contributed by atoms with Crippen LogP contribution in [-0.4, -0.2) is 47.9 Å². The van der Waals surface area contributed by atoms with Gasteiger partial charge < -0.3 is 9.84 Å². The fraction of sp³-hybridized carbons (Fsp3) is 0.714. The number of alkyl halides is 1. The highest BCUT2D eigenvalue weighted by atomic mass is 19.1. The number of halogens is 1. The van der Waals surface area contributed by atoms with Gasteiger partial charge in [0.05, 0.1) is 13.7 Å². The summed E-state index contributed by atoms with van der Waals surface area (Å²) in [4.78, 5) is 22.3. The number of rotatable bonds is 1. The van der Waals surface area contributed by atoms with E-state index in [2.05, 4.69) is 4.74 Å². The van der Waals surface area contributed by atoms with Crippen molar-refractivity contribution in [1.29, 1.82) is 0 Å². The van der Waals surface area contributed by atoms with Crippen molar-refractivity contribution in [3.8, 4) is 0 Å². The van der Waals surface area contributed by atoms with Crippen LogP contribution >= 0.6 is 0 Å². The molecule has 1 N–H and O–H groups in total. The van der Waals surface area contributed by atoms with Crippen molar-refractivity contribution >= 4 is 12.1 Å². The molecule has 0 radical (unpaired) electrons. The van der Waals surface area contributed by atoms with E-state index in [1.165, 1.54) is 0 Å². The maximum Gasteiger partial charge on any atom is 0.408 e. The number of hydrogen-bond donors (Lipinski definition) is 1. The molecule has 0 spiro atoms. The quantitative estimate of drug-likeness (QED) is 0.603. The molecule has 0 bridgehead atoms. The summed E-state index contributed by atoms with van der Waals surface area (Å²) in [6.45, 7) is -0.255. The Morgan fingerprint density at radius 2 is 2.23 bits per heavy atom. The normalized spacial score (nSPS) is 27.4. The maximum atomic E-state index is 12.8. The highest BCUT2D eigenvalue weighted by Crippen LogP contribution is 2.21. The first-order valence-corrected chi connectivity index (χ1v) is 3.77. The third kappa shape index (κ3) is 1.88. The molecule has 1 fully saturated rings. The molecule has 74 valence electrons. The van der Waals surface area contributed by atoms with Crippen molar-refractivity contribution in [1.82, 2.24) is 4.90 Å². The number of likely N-dealkylation sites (tertiary alicyclic amines) is 1. The lowest BCUT2D eigenvalue weighted by Crippen LogP contribution is -2.40. The molecule has 0 aromatic carbocycles. The van der Waals surface area contributed by atoms with Crippen LogP contribution in [0.2, 0.25) is 0 Å². The van der Waals surface area contributed by atoms with E-state index >= 15 is 0 Å². The largest absolute Gasteiger partial charge is 0.467 e. The van der Waals surface area contributed by atoms with Gasteiger partial charge >= 0.3 is 12.1 Å². The Morgan fingerprint density at radius 3 is 2.69 bits per heavy atom. The molecule has 1 heterocycles. The Morgan fingerprint density at radius 1 is 1.62 bits per heavy atom. The van der Waals surface area contributed by atoms with Crippen molar-refractivity contribution < 1.29 is 23.8 Å². The van der Waals surface area contributed by atoms with Crippen LogP contribution in [0.1, 0.15) is 6.42 Å². The van der Waals surface area contributed by atoms with E-state index in [9.17, 15) is 14.0 Å². The Kier molecular flexibility index (Phi) is 2.69. The fourth-order valence-corrected chi connectivity index (χ4v) is 1.36. The molecule has 2 atom stereocenters. The molecule has 1 aliphatic heterocycles. The van der Waals surface area contributed by atoms with Crippen molar-refractivity contribution in [3.05, 3.63) is 0 Å². The molecule has 1 unspecified atom stereocenters. The number of ether oxygens (including phenoxy) is 1. The van der Waals surface area contributed by atoms with Crippen molar-refractivity contribution in [2.45, 2.75) is 18.6 Å². The SMILES string of the molecule is COC(=O)[C@@H]1CC(F)CN1C(=O)O. The van der Waals surface area contributed by atoms with Gasteiger partial charge in [0.25, 0.3) is 0 Å². The minimum Gasteiger partial charge on any atom is -0.467 e. The second-order valence-corrected chi connectivity index (χ2v) is 2.81. The zero-order valence-corrected chi connectivity index (χ0v) is 7.07. The average Bonchev–Trinajstić information content (AvgIpc) is 2.46. The lowest BCUT2D eigenvalue weighted by molar-refractivity contribution is -0.145. The summed E-state index contributed by atoms with van der Waals surface area (Å²) in [5, 5.41) is 8.60. The van der Waals surface area contributed by atoms with Gasteiger partial charge in [0, 0.05) is 6.42 Å². The molecule has 1 aliphatic rings. The van der Waals surface area contributed by atoms with Crippen LogP contribution in [0, 0.1) is 0 Å². The summed E-state index contributed by atoms with van der Waals surface area (Å²) >= 11 is 0. The summed E-state index contributed by atoms with van der Waals surface area (Å²) < 4.78 is 17.1. The molecule has 0 aromatic rings. The molecule has 0 saturated carbocycles. The summed E-state index contributed by atoms with van der Waals surface area (Å²) in [7, 11) is 1.15. The number of carbonyl (C=O) groups excluding carboxylic acids is 1. The molecule has 5 nitrogen and oxygen atoms in total. The summed E-state index contributed by atoms with van der Waals surface area (Å²) in [6, 6.07) is -0.988. The van der Waals surface area contributed by atoms with Gasteiger partial charge in [-0.2, -0.15) is 0 Å². The van der Waals surface area contributed by atoms with Crippen molar-refractivity contribution in [2.24, 2.45) is 0 Å². The zero-order valence-electron chi connectivity index (χ0n) is 7.07. The van der Waals surface area contributed by atoms with Crippen molar-refractivity contribution in [2.75, 3.05) is 13.7 Å². The second-order valence-electron chi connectivity index (χ2n) is 2.81. The topological polar surface area (TPSA) is 66.8 Å². The lowest BCUT2D eigenvalue weighted by Gasteiger charge is -2.17. The van der Waals surface area contributed by atoms with Crippen LogP contribution in [0.15, 0.2) is 0 Å². The van der Waals surface area contributed by atoms with Gasteiger partial charge in [-0.3, -0.25) is 4.90 Å². The molecule has 13 heavy (non-hydrogen) atoms. The first-order valence-electron chi connectivity index (χ1n) is 3.77. The summed E-state index contributed by atoms with van der Waals surface area (Å²) in [5.74, 6) is -0.706. The standard InChI is InChI=1S/C7H10FNO4/c1-13-6(10)5-2-4(8)3-9(5)7(11)12/h4-5H,2-3H2,1H3,(H,11,12)/t4?,5-/m0/s1. The lowest BCUT2D eigenvalue weighted by atomic mass is 10.2. The van der Waals surface area contributed by atoms with Crippen molar-refractivity contribution in [3.63, 3.8) is 0 Å². The van der Waals surface area contributed by atoms with E-state index in [-0.39, 0.29) is 13.0 Å². The van der Waals surface area contributed by atoms with E-state index in [0.717, 1.165) is 12.0 Å². The average molecular weight is 191 g/mol. The van der Waals surface area contributed by atoms with Crippen LogP contribution in [0.5, 0.6) is 0 Å². The van der Waals surface area contributed by atoms with E-state index in [1.54, 1.807) is 0 Å². The van der Waals surface area contributed by atoms with Gasteiger partial charge in [-0.05, 0) is 0 Å². The summed E-state index contributed by atoms with van der Waals surface area (Å²) in [6.07, 6.45) is -2.69. The van der Waals surface area contributed by atoms with Gasteiger partial charge in [-0.15, -0.1) is 0 Å². The molecule has 0 aliphatic carbocycles. The molecule has 1 rings (SSSR count). The fourth-order valence-electron chi connectivity index (χ4n) is 1.36. The van der Waals surface area contributed by atoms with Gasteiger partial charge in [-0.1, -0.05) is 0 Å². The van der Waals surface area contributed by atoms with Crippen LogP contribution in [-0.2, 0) is 9.53 Å². The minimum absolute atomic E-state index is 0.112. The Hall–Kier alpha value is -1.33. The Labute approximate surface area is 74.1 Å². The second kappa shape index (κ2) is 3.59. The predicted molar refractivity (Wildman–Crippen MR) is 40.0 cm³/mol. The third-order valence-electron chi connectivity index (χ3n) is 1.97. The zero-order chi connectivity index (χ0) is 10.0. The Bertz CT molecular complexity index is 233. The number of nitrogens with zero attached hydrogens (tertiary/aromatic N) is 1. The van der Waals surface area contributed by atoms with E-state index in [4.69, 9.17) is 5.11 Å². The number of hydrogen-bond acceptors (Lipinski definition) is 3. The van der Waals surface area contributed by atoms with Crippen LogP contribution in [0.25, 0.3) is 0 Å². The van der Waals surface area contributed by atoms with Gasteiger partial charge in [0.1, 0.15) is 12.2 Å². The number of methoxy groups -OCH3 is 1. The number of amides is 1. The van der Waals surface area contributed by atoms with E-state index in [1.807, 2.05) is 0 Å². The van der Waals surface area contributed by atoms with Gasteiger partial charge in [0.2, 0.25) is 0 Å². The molecular formula is C7H10FNO4. The predicted octanol–water partition coefficient (Wildman–Crippen LogP) is 0.250. The number of carboxylic acid groups (broad SMARTS) is 1. The molecule has 1 saturated heterocycles. The number of esters is 1. The van der Waals surface area contributed by atoms with Crippen LogP contribution in [0.3, 0.4) is 0 Å². The molecule has 0 aromatic heterocycles. The third-order valence-corrected chi connectivity index (χ3v) is 1.97. The van der Waals surface area contributed by atoms with Crippen LogP contribution < -0.4 is 0 Å². The van der Waals surface area contributed by atoms with Gasteiger partial charge in [-0.25, -0.2) is 14.0 Å². The first kappa shape index (κ1) is 9.76. The molecule has 1 amide bonds. The van der Waals surface area contributed by atoms with E-state index in [0.29, 0.717) is 0 Å². The first-order chi connectivity index (χ1) is 6.06. The van der Waals surface area contributed by atoms with E-state index < -0.39 is 24.3 Å². The Balaban J connectivity index is 2.71. The molecular weight excluding hydrogens is 181 g/mol. The monoisotopic (exact) mass is 191 g/mol. The smallest absolute Gasteiger partial charge is 0.408 e. The summed E-state index contributed by atoms with van der Waals surface area (Å²) in [5.41, 5.74) is 0. The molecule has 6 heteroatoms. The highest BCUT2D eigenvalue weighted by Gasteiger charge is 2.40. The van der Waals surface area contributed by atoms with Crippen LogP contribution in [0.4, 0.5) is 9.18 Å². The number of carbonyl (C=O) groups is 2. The maximum absolute atomic E-state index is 12.8. The minimum atomic E-state index is -1.30.